The molecule has 0 spiro atoms. The van der Waals surface area contributed by atoms with Crippen molar-refractivity contribution < 1.29 is 17.9 Å². The Kier molecular flexibility index (Phi) is 7.13. The average Bonchev–Trinajstić information content (AvgIpc) is 3.41. The normalized spacial score (nSPS) is 18.7. The number of piperidine rings is 1. The summed E-state index contributed by atoms with van der Waals surface area (Å²) in [4.78, 5) is 13.9. The largest absolute Gasteiger partial charge is 0.481 e. The third kappa shape index (κ3) is 5.63. The number of anilines is 2. The van der Waals surface area contributed by atoms with Crippen molar-refractivity contribution in [2.75, 3.05) is 37.0 Å². The molecule has 9 nitrogen and oxygen atoms in total. The van der Waals surface area contributed by atoms with E-state index in [1.807, 2.05) is 30.5 Å². The van der Waals surface area contributed by atoms with Gasteiger partial charge in [0, 0.05) is 74.3 Å². The van der Waals surface area contributed by atoms with E-state index in [2.05, 4.69) is 37.3 Å². The molecule has 12 heteroatoms. The van der Waals surface area contributed by atoms with Crippen molar-refractivity contribution in [2.45, 2.75) is 44.1 Å². The summed E-state index contributed by atoms with van der Waals surface area (Å²) in [6.07, 6.45) is 2.91. The van der Waals surface area contributed by atoms with Crippen LogP contribution < -0.4 is 15.0 Å². The molecule has 3 aliphatic rings. The number of nitriles is 1. The summed E-state index contributed by atoms with van der Waals surface area (Å²) >= 11 is 0. The lowest BCUT2D eigenvalue weighted by Crippen LogP contribution is -2.68. The average molecular weight is 563 g/mol. The van der Waals surface area contributed by atoms with E-state index in [1.165, 1.54) is 6.20 Å². The van der Waals surface area contributed by atoms with E-state index in [9.17, 15) is 18.4 Å². The van der Waals surface area contributed by atoms with Crippen molar-refractivity contribution in [3.05, 3.63) is 66.2 Å². The van der Waals surface area contributed by atoms with Crippen molar-refractivity contribution in [1.29, 1.82) is 5.26 Å². The number of ether oxygens (including phenoxy) is 1. The molecule has 3 fully saturated rings. The maximum atomic E-state index is 12.5. The zero-order valence-electron chi connectivity index (χ0n) is 22.5. The third-order valence-electron chi connectivity index (χ3n) is 7.80. The number of fused-ring (bicyclic) bond motifs is 3. The van der Waals surface area contributed by atoms with Crippen LogP contribution in [0.1, 0.15) is 30.4 Å². The summed E-state index contributed by atoms with van der Waals surface area (Å²) in [6.45, 7) is 2.79. The van der Waals surface area contributed by atoms with Crippen molar-refractivity contribution in [3.8, 4) is 23.1 Å². The van der Waals surface area contributed by atoms with Crippen LogP contribution in [0.3, 0.4) is 0 Å². The topological polar surface area (TPSA) is 94.6 Å². The summed E-state index contributed by atoms with van der Waals surface area (Å²) in [5, 5.41) is 17.0. The van der Waals surface area contributed by atoms with Gasteiger partial charge in [-0.15, -0.1) is 0 Å². The summed E-state index contributed by atoms with van der Waals surface area (Å²) in [5.41, 5.74) is 4.36. The zero-order valence-corrected chi connectivity index (χ0v) is 22.5. The molecule has 2 bridgehead atoms. The first-order valence-electron chi connectivity index (χ1n) is 13.5. The second-order valence-electron chi connectivity index (χ2n) is 10.5. The second kappa shape index (κ2) is 10.9. The number of rotatable bonds is 9. The number of nitrogens with zero attached hydrogens (tertiary/aromatic N) is 7. The minimum absolute atomic E-state index is 0.0398. The first-order valence-corrected chi connectivity index (χ1v) is 13.5. The molecule has 7 heterocycles. The number of nitrogens with one attached hydrogen (secondary N) is 1. The molecule has 212 valence electrons. The monoisotopic (exact) mass is 562 g/mol. The Morgan fingerprint density at radius 1 is 1.10 bits per heavy atom. The molecule has 3 aliphatic heterocycles. The predicted octanol–water partition coefficient (Wildman–Crippen LogP) is 4.89. The van der Waals surface area contributed by atoms with Gasteiger partial charge >= 0.3 is 6.18 Å². The summed E-state index contributed by atoms with van der Waals surface area (Å²) < 4.78 is 44.4. The van der Waals surface area contributed by atoms with Gasteiger partial charge in [0.25, 0.3) is 0 Å². The molecule has 2 atom stereocenters. The van der Waals surface area contributed by atoms with Gasteiger partial charge in [0.15, 0.2) is 0 Å². The Labute approximate surface area is 235 Å². The molecule has 7 rings (SSSR count). The van der Waals surface area contributed by atoms with Gasteiger partial charge in [0.2, 0.25) is 5.88 Å². The highest BCUT2D eigenvalue weighted by Crippen LogP contribution is 2.36. The Hall–Kier alpha value is -4.37. The smallest absolute Gasteiger partial charge is 0.389 e. The minimum Gasteiger partial charge on any atom is -0.481 e. The predicted molar refractivity (Wildman–Crippen MR) is 148 cm³/mol. The van der Waals surface area contributed by atoms with Crippen molar-refractivity contribution in [1.82, 2.24) is 24.5 Å². The van der Waals surface area contributed by atoms with Crippen LogP contribution in [0.15, 0.2) is 55.1 Å². The van der Waals surface area contributed by atoms with Crippen molar-refractivity contribution >= 4 is 17.0 Å². The van der Waals surface area contributed by atoms with Gasteiger partial charge in [-0.3, -0.25) is 4.90 Å². The fourth-order valence-electron chi connectivity index (χ4n) is 5.74. The molecule has 0 aliphatic carbocycles. The lowest BCUT2D eigenvalue weighted by Gasteiger charge is -2.56. The van der Waals surface area contributed by atoms with Crippen LogP contribution in [-0.4, -0.2) is 69.5 Å². The minimum atomic E-state index is -4.19. The first kappa shape index (κ1) is 26.8. The maximum absolute atomic E-state index is 12.5. The lowest BCUT2D eigenvalue weighted by atomic mass is 9.87. The van der Waals surface area contributed by atoms with Gasteiger partial charge in [0.1, 0.15) is 11.9 Å². The molecule has 1 N–H and O–H groups in total. The van der Waals surface area contributed by atoms with Crippen molar-refractivity contribution in [3.63, 3.8) is 0 Å². The van der Waals surface area contributed by atoms with Crippen LogP contribution >= 0.6 is 0 Å². The molecule has 41 heavy (non-hydrogen) atoms. The number of alkyl halides is 3. The Morgan fingerprint density at radius 2 is 1.93 bits per heavy atom. The van der Waals surface area contributed by atoms with Crippen LogP contribution in [0.2, 0.25) is 0 Å². The summed E-state index contributed by atoms with van der Waals surface area (Å²) in [6, 6.07) is 12.8. The SMILES string of the molecule is COc1ccc(CN2C3CC2CN(c2ccc(-c4cc(NCCCC(F)(F)F)cn5ncc(C#N)c45)cn2)C3)cn1. The zero-order chi connectivity index (χ0) is 28.6. The van der Waals surface area contributed by atoms with Gasteiger partial charge in [-0.05, 0) is 36.6 Å². The Morgan fingerprint density at radius 3 is 2.59 bits per heavy atom. The van der Waals surface area contributed by atoms with Gasteiger partial charge in [-0.25, -0.2) is 14.5 Å². The maximum Gasteiger partial charge on any atom is 0.389 e. The van der Waals surface area contributed by atoms with Crippen LogP contribution in [0, 0.1) is 11.3 Å². The van der Waals surface area contributed by atoms with E-state index in [1.54, 1.807) is 24.0 Å². The molecule has 2 unspecified atom stereocenters. The number of halogens is 3. The van der Waals surface area contributed by atoms with Crippen LogP contribution in [0.5, 0.6) is 5.88 Å². The van der Waals surface area contributed by atoms with Crippen molar-refractivity contribution in [2.24, 2.45) is 0 Å². The molecular formula is C29H29F3N8O. The molecule has 4 aromatic rings. The van der Waals surface area contributed by atoms with Crippen LogP contribution in [0.4, 0.5) is 24.7 Å². The number of hydrogen-bond donors (Lipinski definition) is 1. The van der Waals surface area contributed by atoms with E-state index in [0.29, 0.717) is 34.7 Å². The van der Waals surface area contributed by atoms with Crippen LogP contribution in [-0.2, 0) is 6.54 Å². The second-order valence-corrected chi connectivity index (χ2v) is 10.5. The third-order valence-corrected chi connectivity index (χ3v) is 7.80. The van der Waals surface area contributed by atoms with Crippen LogP contribution in [0.25, 0.3) is 16.6 Å². The first-order chi connectivity index (χ1) is 19.8. The molecular weight excluding hydrogens is 533 g/mol. The molecule has 0 aromatic carbocycles. The van der Waals surface area contributed by atoms with Gasteiger partial charge in [-0.1, -0.05) is 6.07 Å². The molecule has 0 saturated carbocycles. The molecule has 0 amide bonds. The van der Waals surface area contributed by atoms with E-state index in [0.717, 1.165) is 48.6 Å². The Balaban J connectivity index is 1.16. The number of pyridine rings is 3. The fourth-order valence-corrected chi connectivity index (χ4v) is 5.74. The fraction of sp³-hybridized carbons (Fsp3) is 0.379. The van der Waals surface area contributed by atoms with E-state index >= 15 is 0 Å². The Bertz CT molecular complexity index is 1550. The highest BCUT2D eigenvalue weighted by Gasteiger charge is 2.44. The lowest BCUT2D eigenvalue weighted by molar-refractivity contribution is -0.134. The molecule has 4 aromatic heterocycles. The summed E-state index contributed by atoms with van der Waals surface area (Å²) in [7, 11) is 1.61. The number of hydrogen-bond acceptors (Lipinski definition) is 8. The van der Waals surface area contributed by atoms with E-state index in [-0.39, 0.29) is 13.0 Å². The van der Waals surface area contributed by atoms with Gasteiger partial charge < -0.3 is 15.0 Å². The standard InChI is InChI=1S/C29H29F3N8O/c1-41-27-6-3-19(12-36-27)15-39-23-10-24(39)18-38(17-23)26-5-4-20(13-35-26)25-9-22(34-8-2-7-29(30,31)32)16-40-28(25)21(11-33)14-37-40/h3-6,9,12-14,16,23-24,34H,2,7-8,10,15,17-18H2,1H3. The number of aromatic nitrogens is 4. The highest BCUT2D eigenvalue weighted by atomic mass is 19.4. The number of piperazine rings is 1. The van der Waals surface area contributed by atoms with E-state index in [4.69, 9.17) is 9.72 Å². The number of methoxy groups -OCH3 is 1. The molecule has 0 radical (unpaired) electrons. The highest BCUT2D eigenvalue weighted by molar-refractivity contribution is 5.86. The quantitative estimate of drug-likeness (QED) is 0.288. The van der Waals surface area contributed by atoms with Gasteiger partial charge in [0.05, 0.1) is 36.3 Å². The van der Waals surface area contributed by atoms with Gasteiger partial charge in [-0.2, -0.15) is 23.5 Å². The summed E-state index contributed by atoms with van der Waals surface area (Å²) in [5.74, 6) is 1.50. The van der Waals surface area contributed by atoms with E-state index < -0.39 is 12.6 Å². The molecule has 3 saturated heterocycles.